The molecule has 1 aliphatic carbocycles. The quantitative estimate of drug-likeness (QED) is 0.524. The van der Waals surface area contributed by atoms with E-state index in [-0.39, 0.29) is 23.0 Å². The number of anilines is 1. The molecule has 1 N–H and O–H groups in total. The molecule has 1 aromatic carbocycles. The van der Waals surface area contributed by atoms with Gasteiger partial charge in [-0.2, -0.15) is 18.3 Å². The number of nitrogens with zero attached hydrogens (tertiary/aromatic N) is 6. The molecule has 14 heteroatoms. The van der Waals surface area contributed by atoms with Crippen molar-refractivity contribution in [3.05, 3.63) is 46.6 Å². The Morgan fingerprint density at radius 1 is 1.29 bits per heavy atom. The summed E-state index contributed by atoms with van der Waals surface area (Å²) in [6.45, 7) is 3.68. The van der Waals surface area contributed by atoms with Gasteiger partial charge in [-0.15, -0.1) is 20.1 Å². The van der Waals surface area contributed by atoms with E-state index in [1.165, 1.54) is 4.90 Å². The standard InChI is InChI=1S/C20H18ClF4N7O2/c1-9-3-11-7-19(6-9,17-29-28-10(2)34-17)31(11)18(33)27-14-5-15(32-26-8-16(21)30-32)12(4-13(14)22)20(23,24)25/h4-5,8-9,11H,3,6-7H2,1-2H3,(H,27,33). The summed E-state index contributed by atoms with van der Waals surface area (Å²) in [6.07, 6.45) is -1.97. The third kappa shape index (κ3) is 3.58. The van der Waals surface area contributed by atoms with E-state index >= 15 is 0 Å². The molecule has 180 valence electrons. The summed E-state index contributed by atoms with van der Waals surface area (Å²) in [4.78, 5) is 15.4. The van der Waals surface area contributed by atoms with E-state index < -0.39 is 40.5 Å². The summed E-state index contributed by atoms with van der Waals surface area (Å²) in [5.41, 5.74) is -3.22. The normalized spacial score (nSPS) is 24.1. The van der Waals surface area contributed by atoms with Crippen molar-refractivity contribution in [2.24, 2.45) is 5.92 Å². The summed E-state index contributed by atoms with van der Waals surface area (Å²) < 4.78 is 61.0. The van der Waals surface area contributed by atoms with Crippen molar-refractivity contribution in [1.82, 2.24) is 30.1 Å². The molecule has 1 aliphatic heterocycles. The highest BCUT2D eigenvalue weighted by Gasteiger charge is 2.62. The molecule has 2 amide bonds. The van der Waals surface area contributed by atoms with Gasteiger partial charge in [0.2, 0.25) is 11.8 Å². The minimum atomic E-state index is -4.90. The molecular formula is C20H18ClF4N7O2. The summed E-state index contributed by atoms with van der Waals surface area (Å²) in [6, 6.07) is 0.279. The third-order valence-corrected chi connectivity index (χ3v) is 6.39. The van der Waals surface area contributed by atoms with Gasteiger partial charge in [0.25, 0.3) is 0 Å². The summed E-state index contributed by atoms with van der Waals surface area (Å²) in [7, 11) is 0. The van der Waals surface area contributed by atoms with Gasteiger partial charge in [-0.05, 0) is 30.9 Å². The van der Waals surface area contributed by atoms with Crippen LogP contribution in [0.3, 0.4) is 0 Å². The average molecular weight is 500 g/mol. The number of aromatic nitrogens is 5. The number of benzene rings is 1. The lowest BCUT2D eigenvalue weighted by Crippen LogP contribution is -2.70. The number of halogens is 5. The minimum absolute atomic E-state index is 0.151. The number of hydrogen-bond donors (Lipinski definition) is 1. The minimum Gasteiger partial charge on any atom is -0.423 e. The zero-order valence-corrected chi connectivity index (χ0v) is 18.7. The number of rotatable bonds is 3. The molecule has 2 aromatic heterocycles. The van der Waals surface area contributed by atoms with E-state index in [9.17, 15) is 22.4 Å². The number of aryl methyl sites for hydroxylation is 1. The van der Waals surface area contributed by atoms with Crippen molar-refractivity contribution in [2.45, 2.75) is 50.9 Å². The van der Waals surface area contributed by atoms with Crippen LogP contribution in [-0.4, -0.2) is 42.2 Å². The van der Waals surface area contributed by atoms with Crippen LogP contribution in [0.4, 0.5) is 28.0 Å². The molecule has 9 nitrogen and oxygen atoms in total. The highest BCUT2D eigenvalue weighted by molar-refractivity contribution is 6.29. The first-order valence-electron chi connectivity index (χ1n) is 10.4. The van der Waals surface area contributed by atoms with Crippen LogP contribution in [0.1, 0.15) is 43.5 Å². The maximum Gasteiger partial charge on any atom is 0.418 e. The Labute approximate surface area is 195 Å². The second-order valence-corrected chi connectivity index (χ2v) is 9.05. The molecule has 5 rings (SSSR count). The fourth-order valence-electron chi connectivity index (χ4n) is 5.02. The highest BCUT2D eigenvalue weighted by atomic mass is 35.5. The van der Waals surface area contributed by atoms with Gasteiger partial charge in [0.15, 0.2) is 5.15 Å². The van der Waals surface area contributed by atoms with E-state index in [0.29, 0.717) is 29.6 Å². The van der Waals surface area contributed by atoms with Crippen molar-refractivity contribution >= 4 is 23.3 Å². The molecule has 34 heavy (non-hydrogen) atoms. The van der Waals surface area contributed by atoms with Crippen LogP contribution < -0.4 is 5.32 Å². The Hall–Kier alpha value is -3.22. The maximum absolute atomic E-state index is 14.8. The molecular weight excluding hydrogens is 482 g/mol. The van der Waals surface area contributed by atoms with E-state index in [4.69, 9.17) is 16.0 Å². The van der Waals surface area contributed by atoms with Gasteiger partial charge in [0.05, 0.1) is 17.4 Å². The lowest BCUT2D eigenvalue weighted by molar-refractivity contribution is -0.137. The summed E-state index contributed by atoms with van der Waals surface area (Å²) in [5.74, 6) is -0.355. The number of nitrogens with one attached hydrogen (secondary N) is 1. The van der Waals surface area contributed by atoms with E-state index in [1.54, 1.807) is 6.92 Å². The second-order valence-electron chi connectivity index (χ2n) is 8.66. The first-order chi connectivity index (χ1) is 16.0. The van der Waals surface area contributed by atoms with Crippen molar-refractivity contribution in [2.75, 3.05) is 5.32 Å². The summed E-state index contributed by atoms with van der Waals surface area (Å²) >= 11 is 5.70. The van der Waals surface area contributed by atoms with Crippen molar-refractivity contribution in [1.29, 1.82) is 0 Å². The first kappa shape index (κ1) is 22.6. The number of likely N-dealkylation sites (tertiary alicyclic amines) is 1. The summed E-state index contributed by atoms with van der Waals surface area (Å²) in [5, 5.41) is 17.6. The van der Waals surface area contributed by atoms with E-state index in [2.05, 4.69) is 25.7 Å². The van der Waals surface area contributed by atoms with Crippen LogP contribution in [0.2, 0.25) is 5.15 Å². The molecule has 2 fully saturated rings. The predicted octanol–water partition coefficient (Wildman–Crippen LogP) is 4.70. The number of urea groups is 1. The Morgan fingerprint density at radius 3 is 2.68 bits per heavy atom. The Bertz CT molecular complexity index is 1280. The maximum atomic E-state index is 14.8. The van der Waals surface area contributed by atoms with Crippen LogP contribution in [0, 0.1) is 18.7 Å². The third-order valence-electron chi connectivity index (χ3n) is 6.21. The number of fused-ring (bicyclic) bond motifs is 2. The predicted molar refractivity (Wildman–Crippen MR) is 110 cm³/mol. The molecule has 1 saturated heterocycles. The van der Waals surface area contributed by atoms with Gasteiger partial charge >= 0.3 is 12.2 Å². The molecule has 2 bridgehead atoms. The Morgan fingerprint density at radius 2 is 2.06 bits per heavy atom. The zero-order chi connectivity index (χ0) is 24.4. The zero-order valence-electron chi connectivity index (χ0n) is 17.9. The first-order valence-corrected chi connectivity index (χ1v) is 10.8. The number of carbonyl (C=O) groups excluding carboxylic acids is 1. The van der Waals surface area contributed by atoms with Crippen LogP contribution in [0.25, 0.3) is 5.69 Å². The molecule has 3 atom stereocenters. The number of piperidine rings is 1. The highest BCUT2D eigenvalue weighted by Crippen LogP contribution is 2.55. The van der Waals surface area contributed by atoms with E-state index in [0.717, 1.165) is 18.7 Å². The largest absolute Gasteiger partial charge is 0.423 e. The Kier molecular flexibility index (Phi) is 5.08. The van der Waals surface area contributed by atoms with Crippen LogP contribution in [-0.2, 0) is 11.7 Å². The van der Waals surface area contributed by atoms with Crippen LogP contribution >= 0.6 is 11.6 Å². The second kappa shape index (κ2) is 7.65. The van der Waals surface area contributed by atoms with Gasteiger partial charge < -0.3 is 14.6 Å². The number of amides is 2. The number of alkyl halides is 3. The molecule has 3 aromatic rings. The Balaban J connectivity index is 1.50. The van der Waals surface area contributed by atoms with Gasteiger partial charge in [-0.25, -0.2) is 9.18 Å². The van der Waals surface area contributed by atoms with E-state index in [1.807, 2.05) is 6.92 Å². The van der Waals surface area contributed by atoms with Gasteiger partial charge in [0, 0.05) is 19.4 Å². The topological polar surface area (TPSA) is 102 Å². The average Bonchev–Trinajstić information content (AvgIpc) is 3.36. The molecule has 1 saturated carbocycles. The van der Waals surface area contributed by atoms with Gasteiger partial charge in [0.1, 0.15) is 17.0 Å². The van der Waals surface area contributed by atoms with Gasteiger partial charge in [-0.3, -0.25) is 0 Å². The number of carbonyl (C=O) groups is 1. The number of hydrogen-bond acceptors (Lipinski definition) is 6. The lowest BCUT2D eigenvalue weighted by atomic mass is 9.64. The fraction of sp³-hybridized carbons (Fsp3) is 0.450. The van der Waals surface area contributed by atoms with Crippen molar-refractivity contribution in [3.8, 4) is 5.69 Å². The molecule has 3 unspecified atom stereocenters. The molecule has 3 heterocycles. The molecule has 0 spiro atoms. The smallest absolute Gasteiger partial charge is 0.418 e. The SMILES string of the molecule is Cc1nnc(C23CC(C)CC(C2)N3C(=O)Nc2cc(-n3ncc(Cl)n3)c(C(F)(F)F)cc2F)o1. The monoisotopic (exact) mass is 499 g/mol. The van der Waals surface area contributed by atoms with Crippen LogP contribution in [0.5, 0.6) is 0 Å². The van der Waals surface area contributed by atoms with Gasteiger partial charge in [-0.1, -0.05) is 18.5 Å². The molecule has 2 aliphatic rings. The van der Waals surface area contributed by atoms with Crippen molar-refractivity contribution in [3.63, 3.8) is 0 Å². The lowest BCUT2D eigenvalue weighted by Gasteiger charge is -2.61. The molecule has 0 radical (unpaired) electrons. The fourth-order valence-corrected chi connectivity index (χ4v) is 5.13. The van der Waals surface area contributed by atoms with Crippen LogP contribution in [0.15, 0.2) is 22.7 Å². The van der Waals surface area contributed by atoms with Crippen molar-refractivity contribution < 1.29 is 26.8 Å².